The molecule has 0 radical (unpaired) electrons. The first kappa shape index (κ1) is 15.5. The van der Waals surface area contributed by atoms with Crippen molar-refractivity contribution in [2.45, 2.75) is 18.2 Å². The maximum atomic E-state index is 11.9. The molecular formula is C13H14N4O2S2. The summed E-state index contributed by atoms with van der Waals surface area (Å²) in [6.45, 7) is 3.31. The molecule has 21 heavy (non-hydrogen) atoms. The van der Waals surface area contributed by atoms with Crippen molar-refractivity contribution < 1.29 is 9.59 Å². The van der Waals surface area contributed by atoms with E-state index in [0.717, 1.165) is 9.35 Å². The number of hydrogen-bond donors (Lipinski definition) is 2. The molecule has 0 bridgehead atoms. The smallest absolute Gasteiger partial charge is 0.234 e. The van der Waals surface area contributed by atoms with Crippen molar-refractivity contribution in [1.82, 2.24) is 10.2 Å². The Labute approximate surface area is 130 Å². The zero-order valence-corrected chi connectivity index (χ0v) is 13.2. The average Bonchev–Trinajstić information content (AvgIpc) is 2.82. The molecule has 2 rings (SSSR count). The number of benzene rings is 1. The molecule has 1 heterocycles. The second kappa shape index (κ2) is 7.19. The lowest BCUT2D eigenvalue weighted by atomic mass is 10.2. The number of thioether (sulfide) groups is 1. The van der Waals surface area contributed by atoms with Gasteiger partial charge in [-0.05, 0) is 25.1 Å². The second-order valence-electron chi connectivity index (χ2n) is 4.19. The molecule has 0 fully saturated rings. The van der Waals surface area contributed by atoms with Gasteiger partial charge in [0.05, 0.1) is 5.75 Å². The number of carbonyl (C=O) groups excluding carboxylic acids is 2. The maximum Gasteiger partial charge on any atom is 0.234 e. The van der Waals surface area contributed by atoms with Gasteiger partial charge in [-0.1, -0.05) is 29.2 Å². The van der Waals surface area contributed by atoms with Gasteiger partial charge in [-0.3, -0.25) is 9.59 Å². The van der Waals surface area contributed by atoms with E-state index in [-0.39, 0.29) is 17.6 Å². The molecule has 0 aliphatic carbocycles. The zero-order valence-electron chi connectivity index (χ0n) is 11.5. The summed E-state index contributed by atoms with van der Waals surface area (Å²) in [5.41, 5.74) is 1.29. The number of hydrogen-bond acceptors (Lipinski definition) is 6. The van der Waals surface area contributed by atoms with Crippen LogP contribution < -0.4 is 10.6 Å². The first-order chi connectivity index (χ1) is 10.0. The molecule has 0 aliphatic heterocycles. The Balaban J connectivity index is 1.88. The minimum absolute atomic E-state index is 0.132. The summed E-state index contributed by atoms with van der Waals surface area (Å²) in [5, 5.41) is 14.2. The number of nitrogens with zero attached hydrogens (tertiary/aromatic N) is 2. The van der Waals surface area contributed by atoms with E-state index in [2.05, 4.69) is 20.8 Å². The van der Waals surface area contributed by atoms with Gasteiger partial charge in [0.2, 0.25) is 11.8 Å². The fourth-order valence-corrected chi connectivity index (χ4v) is 3.15. The molecule has 0 aliphatic rings. The molecule has 0 saturated carbocycles. The number of nitrogens with one attached hydrogen (secondary N) is 2. The molecule has 2 amide bonds. The number of anilines is 2. The third-order valence-corrected chi connectivity index (χ3v) is 4.27. The molecule has 1 aromatic carbocycles. The Morgan fingerprint density at radius 1 is 1.24 bits per heavy atom. The Morgan fingerprint density at radius 2 is 1.95 bits per heavy atom. The first-order valence-corrected chi connectivity index (χ1v) is 7.93. The first-order valence-electron chi connectivity index (χ1n) is 6.13. The van der Waals surface area contributed by atoms with Crippen molar-refractivity contribution in [2.75, 3.05) is 16.4 Å². The standard InChI is InChI=1S/C13H14N4O2S2/c1-8(18)14-10-4-3-5-11(6-10)15-12(19)7-20-13-17-16-9(2)21-13/h3-6H,7H2,1-2H3,(H,14,18)(H,15,19). The van der Waals surface area contributed by atoms with Crippen molar-refractivity contribution in [2.24, 2.45) is 0 Å². The monoisotopic (exact) mass is 322 g/mol. The number of rotatable bonds is 5. The molecule has 2 N–H and O–H groups in total. The van der Waals surface area contributed by atoms with Crippen molar-refractivity contribution >= 4 is 46.3 Å². The van der Waals surface area contributed by atoms with Gasteiger partial charge >= 0.3 is 0 Å². The van der Waals surface area contributed by atoms with E-state index in [9.17, 15) is 9.59 Å². The van der Waals surface area contributed by atoms with Crippen LogP contribution in [0.25, 0.3) is 0 Å². The van der Waals surface area contributed by atoms with E-state index in [4.69, 9.17) is 0 Å². The third kappa shape index (κ3) is 5.16. The highest BCUT2D eigenvalue weighted by molar-refractivity contribution is 8.01. The molecule has 110 valence electrons. The summed E-state index contributed by atoms with van der Waals surface area (Å²) < 4.78 is 0.773. The van der Waals surface area contributed by atoms with Crippen LogP contribution in [-0.4, -0.2) is 27.8 Å². The predicted molar refractivity (Wildman–Crippen MR) is 84.7 cm³/mol. The lowest BCUT2D eigenvalue weighted by molar-refractivity contribution is -0.114. The minimum atomic E-state index is -0.152. The van der Waals surface area contributed by atoms with Crippen molar-refractivity contribution in [3.8, 4) is 0 Å². The highest BCUT2D eigenvalue weighted by atomic mass is 32.2. The summed E-state index contributed by atoms with van der Waals surface area (Å²) in [6.07, 6.45) is 0. The molecule has 8 heteroatoms. The van der Waals surface area contributed by atoms with Crippen LogP contribution in [0.15, 0.2) is 28.6 Å². The number of aryl methyl sites for hydroxylation is 1. The number of carbonyl (C=O) groups is 2. The van der Waals surface area contributed by atoms with Crippen molar-refractivity contribution in [1.29, 1.82) is 0 Å². The van der Waals surface area contributed by atoms with E-state index < -0.39 is 0 Å². The van der Waals surface area contributed by atoms with Crippen LogP contribution in [0, 0.1) is 6.92 Å². The normalized spacial score (nSPS) is 10.2. The summed E-state index contributed by atoms with van der Waals surface area (Å²) >= 11 is 2.81. The van der Waals surface area contributed by atoms with Gasteiger partial charge in [0.1, 0.15) is 5.01 Å². The van der Waals surface area contributed by atoms with Gasteiger partial charge in [-0.25, -0.2) is 0 Å². The average molecular weight is 322 g/mol. The van der Waals surface area contributed by atoms with Gasteiger partial charge < -0.3 is 10.6 Å². The van der Waals surface area contributed by atoms with Crippen molar-refractivity contribution in [3.05, 3.63) is 29.3 Å². The molecule has 0 spiro atoms. The maximum absolute atomic E-state index is 11.9. The van der Waals surface area contributed by atoms with E-state index in [1.807, 2.05) is 6.92 Å². The Kier molecular flexibility index (Phi) is 5.29. The lowest BCUT2D eigenvalue weighted by Crippen LogP contribution is -2.14. The fraction of sp³-hybridized carbons (Fsp3) is 0.231. The molecule has 0 atom stereocenters. The molecule has 0 unspecified atom stereocenters. The Bertz CT molecular complexity index is 657. The zero-order chi connectivity index (χ0) is 15.2. The highest BCUT2D eigenvalue weighted by Crippen LogP contribution is 2.22. The van der Waals surface area contributed by atoms with E-state index in [1.165, 1.54) is 30.0 Å². The van der Waals surface area contributed by atoms with Crippen LogP contribution in [0.4, 0.5) is 11.4 Å². The van der Waals surface area contributed by atoms with Gasteiger partial charge in [-0.2, -0.15) is 0 Å². The summed E-state index contributed by atoms with van der Waals surface area (Å²) in [4.78, 5) is 22.9. The molecular weight excluding hydrogens is 308 g/mol. The van der Waals surface area contributed by atoms with Crippen LogP contribution in [0.5, 0.6) is 0 Å². The molecule has 0 saturated heterocycles. The number of aromatic nitrogens is 2. The van der Waals surface area contributed by atoms with E-state index in [0.29, 0.717) is 11.4 Å². The molecule has 2 aromatic rings. The van der Waals surface area contributed by atoms with Crippen LogP contribution in [0.2, 0.25) is 0 Å². The lowest BCUT2D eigenvalue weighted by Gasteiger charge is -2.07. The Morgan fingerprint density at radius 3 is 2.57 bits per heavy atom. The predicted octanol–water partition coefficient (Wildman–Crippen LogP) is 2.54. The fourth-order valence-electron chi connectivity index (χ4n) is 1.54. The van der Waals surface area contributed by atoms with Crippen LogP contribution in [0.3, 0.4) is 0 Å². The second-order valence-corrected chi connectivity index (χ2v) is 6.59. The quantitative estimate of drug-likeness (QED) is 0.826. The minimum Gasteiger partial charge on any atom is -0.326 e. The van der Waals surface area contributed by atoms with Crippen LogP contribution >= 0.6 is 23.1 Å². The van der Waals surface area contributed by atoms with Crippen molar-refractivity contribution in [3.63, 3.8) is 0 Å². The third-order valence-electron chi connectivity index (χ3n) is 2.30. The SMILES string of the molecule is CC(=O)Nc1cccc(NC(=O)CSc2nnc(C)s2)c1. The largest absolute Gasteiger partial charge is 0.326 e. The summed E-state index contributed by atoms with van der Waals surface area (Å²) in [6, 6.07) is 7.00. The van der Waals surface area contributed by atoms with Gasteiger partial charge in [0.15, 0.2) is 4.34 Å². The summed E-state index contributed by atoms with van der Waals surface area (Å²) in [5.74, 6) is -0.0209. The molecule has 6 nitrogen and oxygen atoms in total. The molecule has 1 aromatic heterocycles. The van der Waals surface area contributed by atoms with Gasteiger partial charge in [0.25, 0.3) is 0 Å². The highest BCUT2D eigenvalue weighted by Gasteiger charge is 2.07. The summed E-state index contributed by atoms with van der Waals surface area (Å²) in [7, 11) is 0. The van der Waals surface area contributed by atoms with E-state index in [1.54, 1.807) is 24.3 Å². The van der Waals surface area contributed by atoms with E-state index >= 15 is 0 Å². The number of amides is 2. The Hall–Kier alpha value is -1.93. The van der Waals surface area contributed by atoms with Crippen LogP contribution in [0.1, 0.15) is 11.9 Å². The van der Waals surface area contributed by atoms with Gasteiger partial charge in [0, 0.05) is 18.3 Å². The van der Waals surface area contributed by atoms with Crippen LogP contribution in [-0.2, 0) is 9.59 Å². The van der Waals surface area contributed by atoms with Gasteiger partial charge in [-0.15, -0.1) is 10.2 Å². The topological polar surface area (TPSA) is 84.0 Å².